The molecular weight excluding hydrogens is 307 g/mol. The summed E-state index contributed by atoms with van der Waals surface area (Å²) >= 11 is 5.78. The molecule has 2 aromatic rings. The quantitative estimate of drug-likeness (QED) is 0.385. The second-order valence-corrected chi connectivity index (χ2v) is 4.67. The number of hydrazone groups is 2. The van der Waals surface area contributed by atoms with Gasteiger partial charge >= 0.3 is 0 Å². The third-order valence-corrected chi connectivity index (χ3v) is 2.94. The Bertz CT molecular complexity index is 711. The Labute approximate surface area is 131 Å². The number of Topliss-reactive ketones (excluding diaryl/α,β-unsaturated/α-hetero) is 1. The van der Waals surface area contributed by atoms with Crippen molar-refractivity contribution in [2.75, 3.05) is 5.43 Å². The number of halogens is 2. The topological polar surface area (TPSA) is 79.8 Å². The zero-order valence-corrected chi connectivity index (χ0v) is 12.1. The molecule has 0 saturated heterocycles. The van der Waals surface area contributed by atoms with Gasteiger partial charge in [-0.15, -0.1) is 0 Å². The summed E-state index contributed by atoms with van der Waals surface area (Å²) in [6.07, 6.45) is 1.13. The maximum absolute atomic E-state index is 12.8. The Morgan fingerprint density at radius 2 is 1.77 bits per heavy atom. The average Bonchev–Trinajstić information content (AvgIpc) is 2.53. The minimum Gasteiger partial charge on any atom is -0.323 e. The van der Waals surface area contributed by atoms with Crippen LogP contribution in [0.2, 0.25) is 5.02 Å². The van der Waals surface area contributed by atoms with Crippen LogP contribution in [0, 0.1) is 5.82 Å². The molecule has 0 fully saturated rings. The average molecular weight is 319 g/mol. The number of anilines is 1. The highest BCUT2D eigenvalue weighted by molar-refractivity contribution is 6.64. The van der Waals surface area contributed by atoms with Crippen LogP contribution in [0.4, 0.5) is 10.1 Å². The van der Waals surface area contributed by atoms with Crippen molar-refractivity contribution in [1.29, 1.82) is 0 Å². The van der Waals surface area contributed by atoms with E-state index in [4.69, 9.17) is 17.4 Å². The molecule has 2 rings (SSSR count). The smallest absolute Gasteiger partial charge is 0.214 e. The summed E-state index contributed by atoms with van der Waals surface area (Å²) in [4.78, 5) is 12.3. The standard InChI is InChI=1S/C15H12ClFN4O/c16-11-3-1-10(2-4-11)15(22)14(9-19-18)21-20-13-7-5-12(17)6-8-13/h1-9,20H,18H2/b19-9-,21-14+. The number of ketones is 1. The van der Waals surface area contributed by atoms with Gasteiger partial charge in [0.15, 0.2) is 5.71 Å². The van der Waals surface area contributed by atoms with Gasteiger partial charge in [0.25, 0.3) is 0 Å². The lowest BCUT2D eigenvalue weighted by Crippen LogP contribution is -2.18. The number of nitrogens with one attached hydrogen (secondary N) is 1. The zero-order valence-electron chi connectivity index (χ0n) is 11.3. The van der Waals surface area contributed by atoms with Gasteiger partial charge in [-0.25, -0.2) is 4.39 Å². The van der Waals surface area contributed by atoms with E-state index in [0.717, 1.165) is 6.21 Å². The molecule has 0 aliphatic rings. The van der Waals surface area contributed by atoms with Crippen molar-refractivity contribution in [1.82, 2.24) is 0 Å². The number of carbonyl (C=O) groups excluding carboxylic acids is 1. The fraction of sp³-hybridized carbons (Fsp3) is 0. The van der Waals surface area contributed by atoms with Gasteiger partial charge in [-0.05, 0) is 48.5 Å². The Balaban J connectivity index is 2.21. The van der Waals surface area contributed by atoms with Crippen molar-refractivity contribution in [3.05, 3.63) is 64.9 Å². The molecule has 0 aliphatic carbocycles. The molecule has 3 N–H and O–H groups in total. The van der Waals surface area contributed by atoms with Crippen LogP contribution >= 0.6 is 11.6 Å². The summed E-state index contributed by atoms with van der Waals surface area (Å²) in [7, 11) is 0. The Kier molecular flexibility index (Phi) is 5.21. The van der Waals surface area contributed by atoms with Crippen molar-refractivity contribution in [3.8, 4) is 0 Å². The summed E-state index contributed by atoms with van der Waals surface area (Å²) in [6, 6.07) is 11.9. The first-order valence-corrected chi connectivity index (χ1v) is 6.61. The Morgan fingerprint density at radius 1 is 1.14 bits per heavy atom. The van der Waals surface area contributed by atoms with Crippen LogP contribution in [0.15, 0.2) is 58.7 Å². The molecule has 0 aromatic heterocycles. The van der Waals surface area contributed by atoms with Gasteiger partial charge in [-0.3, -0.25) is 10.2 Å². The summed E-state index contributed by atoms with van der Waals surface area (Å²) in [5, 5.41) is 7.79. The van der Waals surface area contributed by atoms with Gasteiger partial charge in [0.05, 0.1) is 11.9 Å². The number of carbonyl (C=O) groups is 1. The van der Waals surface area contributed by atoms with Crippen molar-refractivity contribution < 1.29 is 9.18 Å². The van der Waals surface area contributed by atoms with E-state index in [2.05, 4.69) is 15.6 Å². The van der Waals surface area contributed by atoms with Gasteiger partial charge in [0.2, 0.25) is 5.78 Å². The number of rotatable bonds is 5. The van der Waals surface area contributed by atoms with Gasteiger partial charge in [0.1, 0.15) is 5.82 Å². The maximum Gasteiger partial charge on any atom is 0.214 e. The normalized spacial score (nSPS) is 11.6. The van der Waals surface area contributed by atoms with Crippen LogP contribution in [-0.4, -0.2) is 17.7 Å². The van der Waals surface area contributed by atoms with E-state index in [-0.39, 0.29) is 17.3 Å². The highest BCUT2D eigenvalue weighted by atomic mass is 35.5. The fourth-order valence-electron chi connectivity index (χ4n) is 1.61. The molecule has 0 aliphatic heterocycles. The van der Waals surface area contributed by atoms with Crippen LogP contribution in [0.3, 0.4) is 0 Å². The summed E-state index contributed by atoms with van der Waals surface area (Å²) in [6.45, 7) is 0. The highest BCUT2D eigenvalue weighted by Gasteiger charge is 2.12. The van der Waals surface area contributed by atoms with Gasteiger partial charge in [0, 0.05) is 10.6 Å². The lowest BCUT2D eigenvalue weighted by molar-refractivity contribution is 0.106. The van der Waals surface area contributed by atoms with E-state index in [1.165, 1.54) is 24.3 Å². The van der Waals surface area contributed by atoms with Gasteiger partial charge < -0.3 is 5.84 Å². The number of benzene rings is 2. The molecular formula is C15H12ClFN4O. The van der Waals surface area contributed by atoms with Crippen molar-refractivity contribution in [3.63, 3.8) is 0 Å². The molecule has 0 saturated carbocycles. The van der Waals surface area contributed by atoms with Crippen LogP contribution in [-0.2, 0) is 0 Å². The molecule has 5 nitrogen and oxygen atoms in total. The van der Waals surface area contributed by atoms with Gasteiger partial charge in [-0.2, -0.15) is 10.2 Å². The maximum atomic E-state index is 12.8. The second kappa shape index (κ2) is 7.33. The molecule has 2 aromatic carbocycles. The summed E-state index contributed by atoms with van der Waals surface area (Å²) in [5.41, 5.74) is 3.57. The second-order valence-electron chi connectivity index (χ2n) is 4.23. The summed E-state index contributed by atoms with van der Waals surface area (Å²) < 4.78 is 12.8. The number of hydrogen-bond acceptors (Lipinski definition) is 5. The van der Waals surface area contributed by atoms with E-state index in [1.54, 1.807) is 24.3 Å². The monoisotopic (exact) mass is 318 g/mol. The van der Waals surface area contributed by atoms with Crippen LogP contribution in [0.5, 0.6) is 0 Å². The molecule has 22 heavy (non-hydrogen) atoms. The zero-order chi connectivity index (χ0) is 15.9. The predicted molar refractivity (Wildman–Crippen MR) is 85.9 cm³/mol. The Morgan fingerprint density at radius 3 is 2.36 bits per heavy atom. The fourth-order valence-corrected chi connectivity index (χ4v) is 1.73. The highest BCUT2D eigenvalue weighted by Crippen LogP contribution is 2.11. The van der Waals surface area contributed by atoms with Crippen molar-refractivity contribution in [2.24, 2.45) is 16.0 Å². The molecule has 0 atom stereocenters. The minimum atomic E-state index is -0.375. The van der Waals surface area contributed by atoms with Gasteiger partial charge in [-0.1, -0.05) is 11.6 Å². The molecule has 7 heteroatoms. The molecule has 0 unspecified atom stereocenters. The van der Waals surface area contributed by atoms with Crippen molar-refractivity contribution in [2.45, 2.75) is 0 Å². The van der Waals surface area contributed by atoms with E-state index in [9.17, 15) is 9.18 Å². The molecule has 0 radical (unpaired) electrons. The van der Waals surface area contributed by atoms with E-state index in [0.29, 0.717) is 16.3 Å². The minimum absolute atomic E-state index is 0.00847. The van der Waals surface area contributed by atoms with Crippen LogP contribution in [0.25, 0.3) is 0 Å². The molecule has 0 bridgehead atoms. The lowest BCUT2D eigenvalue weighted by Gasteiger charge is -2.03. The van der Waals surface area contributed by atoms with Crippen LogP contribution in [0.1, 0.15) is 10.4 Å². The number of nitrogens with two attached hydrogens (primary N) is 1. The molecule has 112 valence electrons. The predicted octanol–water partition coefficient (Wildman–Crippen LogP) is 3.07. The SMILES string of the molecule is N/N=C\C(=N/Nc1ccc(F)cc1)C(=O)c1ccc(Cl)cc1. The van der Waals surface area contributed by atoms with Crippen molar-refractivity contribution >= 4 is 35.0 Å². The Hall–Kier alpha value is -2.73. The van der Waals surface area contributed by atoms with E-state index in [1.807, 2.05) is 0 Å². The lowest BCUT2D eigenvalue weighted by atomic mass is 10.1. The number of hydrogen-bond donors (Lipinski definition) is 2. The first kappa shape index (κ1) is 15.7. The molecule has 0 spiro atoms. The van der Waals surface area contributed by atoms with Crippen LogP contribution < -0.4 is 11.3 Å². The van der Waals surface area contributed by atoms with E-state index >= 15 is 0 Å². The third-order valence-electron chi connectivity index (χ3n) is 2.69. The molecule has 0 heterocycles. The largest absolute Gasteiger partial charge is 0.323 e. The number of nitrogens with zero attached hydrogens (tertiary/aromatic N) is 2. The summed E-state index contributed by atoms with van der Waals surface area (Å²) in [5.74, 6) is 4.36. The molecule has 0 amide bonds. The van der Waals surface area contributed by atoms with E-state index < -0.39 is 0 Å². The third kappa shape index (κ3) is 4.13. The first-order valence-electron chi connectivity index (χ1n) is 6.23. The first-order chi connectivity index (χ1) is 10.6.